The van der Waals surface area contributed by atoms with E-state index in [1.807, 2.05) is 40.1 Å². The van der Waals surface area contributed by atoms with Gasteiger partial charge in [-0.25, -0.2) is 29.9 Å². The number of unbranched alkanes of at least 4 members (excludes halogenated alkanes) is 3. The molecule has 0 bridgehead atoms. The lowest BCUT2D eigenvalue weighted by molar-refractivity contribution is 0.0995. The monoisotopic (exact) mass is 1950 g/mol. The van der Waals surface area contributed by atoms with Crippen molar-refractivity contribution in [3.8, 4) is 46.0 Å². The largest absolute Gasteiger partial charge is 0.493 e. The number of hydrogen-bond donors (Lipinski definition) is 17. The van der Waals surface area contributed by atoms with Crippen molar-refractivity contribution in [1.82, 2.24) is 84.4 Å². The first-order chi connectivity index (χ1) is 61.8. The van der Waals surface area contributed by atoms with Crippen molar-refractivity contribution >= 4 is 132 Å². The van der Waals surface area contributed by atoms with E-state index in [-0.39, 0.29) is 197 Å². The molecule has 0 unspecified atom stereocenters. The molecule has 0 spiro atoms. The van der Waals surface area contributed by atoms with Crippen molar-refractivity contribution in [3.63, 3.8) is 0 Å². The Morgan fingerprint density at radius 2 is 0.789 bits per heavy atom. The van der Waals surface area contributed by atoms with Gasteiger partial charge in [-0.1, -0.05) is 92.1 Å². The van der Waals surface area contributed by atoms with E-state index >= 15 is 0 Å². The fourth-order valence-corrected chi connectivity index (χ4v) is 12.6. The van der Waals surface area contributed by atoms with Gasteiger partial charge in [0.15, 0.2) is 75.1 Å². The Hall–Kier alpha value is -11.5. The zero-order valence-electron chi connectivity index (χ0n) is 77.8. The number of aliphatic hydroxyl groups is 5. The van der Waals surface area contributed by atoms with E-state index in [0.29, 0.717) is 119 Å². The van der Waals surface area contributed by atoms with E-state index in [2.05, 4.69) is 136 Å². The van der Waals surface area contributed by atoms with Crippen molar-refractivity contribution in [2.24, 2.45) is 19.8 Å². The van der Waals surface area contributed by atoms with Gasteiger partial charge < -0.3 is 129 Å². The Kier molecular flexibility index (Phi) is 59.3. The predicted molar refractivity (Wildman–Crippen MR) is 540 cm³/mol. The number of carbonyl (C=O) groups is 1. The van der Waals surface area contributed by atoms with Crippen LogP contribution >= 0.6 is 67.5 Å². The third-order valence-electron chi connectivity index (χ3n) is 19.1. The fraction of sp³-hybridized carbons (Fsp3) is 0.506. The summed E-state index contributed by atoms with van der Waals surface area (Å²) in [4.78, 5) is 75.4. The SMILES string of the molecule is CCCC[C@@H](CCO)Nc1nc(N)ncc1OCc1cc(C)nn1C.CCCC[C@@H](CO)Nc1nc(N)ncc1OCc1cc(C)nn1C.CCCC[C@@H](CO)Nc1nc(N)ncc1OCc1cccc(C(N)=O)n1.CCC[C@@H](CCO)Nc1nc(N)ncc1OCc1[nH]ccc(=O)c1OC.CCC[C@@H](CCO)Nc1nc(N)ncc1OCc1nccc(OC)c1OC.S.S.S.S.S. The van der Waals surface area contributed by atoms with Crippen LogP contribution in [0.2, 0.25) is 0 Å². The number of pyridine rings is 3. The van der Waals surface area contributed by atoms with Gasteiger partial charge in [0.2, 0.25) is 35.2 Å². The highest BCUT2D eigenvalue weighted by Gasteiger charge is 2.23. The number of carbonyl (C=O) groups excluding carboxylic acids is 1. The second-order valence-electron chi connectivity index (χ2n) is 29.3. The second kappa shape index (κ2) is 66.0. The summed E-state index contributed by atoms with van der Waals surface area (Å²) in [6.45, 7) is 15.6. The lowest BCUT2D eigenvalue weighted by Crippen LogP contribution is -2.25. The molecular weight excluding hydrogens is 1810 g/mol. The Morgan fingerprint density at radius 3 is 1.13 bits per heavy atom. The number of amides is 1. The molecule has 0 aliphatic heterocycles. The summed E-state index contributed by atoms with van der Waals surface area (Å²) in [5.74, 6) is 6.00. The number of aliphatic hydroxyl groups excluding tert-OH is 5. The molecule has 0 aromatic carbocycles. The molecule has 0 aliphatic carbocycles. The summed E-state index contributed by atoms with van der Waals surface area (Å²) in [5.41, 5.74) is 39.1. The quantitative estimate of drug-likeness (QED) is 0.0169. The number of aromatic nitrogens is 17. The van der Waals surface area contributed by atoms with Crippen LogP contribution in [0, 0.1) is 13.8 Å². The Labute approximate surface area is 811 Å². The van der Waals surface area contributed by atoms with Crippen LogP contribution < -0.4 is 104 Å². The number of hydrogen-bond acceptors (Lipinski definition) is 39. The van der Waals surface area contributed by atoms with E-state index in [0.717, 1.165) is 106 Å². The average Bonchev–Trinajstić information content (AvgIpc) is 1.85. The number of methoxy groups -OCH3 is 3. The molecule has 48 heteroatoms. The van der Waals surface area contributed by atoms with Gasteiger partial charge in [0.05, 0.1) is 112 Å². The van der Waals surface area contributed by atoms with Crippen LogP contribution in [0.5, 0.6) is 46.0 Å². The van der Waals surface area contributed by atoms with Gasteiger partial charge in [-0.3, -0.25) is 23.9 Å². The van der Waals surface area contributed by atoms with Crippen LogP contribution in [0.4, 0.5) is 58.8 Å². The number of nitrogen functional groups attached to an aromatic ring is 5. The summed E-state index contributed by atoms with van der Waals surface area (Å²) in [6, 6.07) is 11.9. The van der Waals surface area contributed by atoms with Gasteiger partial charge in [0, 0.05) is 76.6 Å². The summed E-state index contributed by atoms with van der Waals surface area (Å²) in [6.07, 6.45) is 25.0. The fourth-order valence-electron chi connectivity index (χ4n) is 12.6. The number of primary amides is 1. The molecule has 10 heterocycles. The molecule has 0 radical (unpaired) electrons. The molecule has 10 aromatic rings. The van der Waals surface area contributed by atoms with E-state index in [1.165, 1.54) is 44.0 Å². The zero-order chi connectivity index (χ0) is 93.3. The van der Waals surface area contributed by atoms with Crippen molar-refractivity contribution in [2.45, 2.75) is 214 Å². The standard InChI is InChI=1S/C18H27N5O4.C17H24N6O3.C17H28N6O2.C17H25N5O4.C16H26N6O2.5H2S/c1-4-5-12(7-9-24)22-17-15(10-21-18(19)23-17)27-11-13-16(26-3)14(25-2)6-8-20-13;1-2-3-5-11(9-24)22-16-14(8-20-17(19)23-16)26-10-12-6-4-7-13(21-12)15(18)25;1-4-5-6-13(7-8-24)20-16-15(10-19-17(18)21-16)25-11-14-9-12(2)22-23(14)3;1-3-4-11(6-8-23)21-16-14(9-20-17(18)22-16)26-10-12-15(25-2)13(24)5-7-19-12;1-4-5-6-12(9-23)19-15-14(8-18-16(17)20-15)24-10-13-7-11(2)21-22(13)3;;;;;/h6,8,10,12,24H,4-5,7,9,11H2,1-3H3,(H3,19,21,22,23);4,6-8,11,24H,2-3,5,9-10H2,1H3,(H2,18,25)(H3,19,20,22,23);9-10,13,24H,4-8,11H2,1-3H3,(H3,18,19,20,21);5,7,9,11,23H,3-4,6,8,10H2,1-2H3,(H,19,24)(H3,18,20,21,22);7-8,12,23H,4-6,9-10H2,1-3H3,(H3,17,18,19,20);5*1H2/t12-;11-;13-;11-;12-;;;;;/m00000...../s1. The van der Waals surface area contributed by atoms with Gasteiger partial charge in [-0.15, -0.1) is 0 Å². The van der Waals surface area contributed by atoms with Gasteiger partial charge in [-0.2, -0.15) is 103 Å². The number of ether oxygens (including phenoxy) is 8. The highest BCUT2D eigenvalue weighted by Crippen LogP contribution is 2.34. The van der Waals surface area contributed by atoms with Crippen LogP contribution in [0.15, 0.2) is 90.6 Å². The molecule has 43 nitrogen and oxygen atoms in total. The van der Waals surface area contributed by atoms with E-state index in [1.54, 1.807) is 60.4 Å². The number of anilines is 10. The smallest absolute Gasteiger partial charge is 0.267 e. The van der Waals surface area contributed by atoms with Crippen LogP contribution in [0.25, 0.3) is 0 Å². The number of H-pyrrole nitrogens is 1. The second-order valence-corrected chi connectivity index (χ2v) is 29.3. The molecule has 740 valence electrons. The van der Waals surface area contributed by atoms with Crippen LogP contribution in [-0.2, 0) is 47.1 Å². The molecule has 0 saturated heterocycles. The van der Waals surface area contributed by atoms with Crippen molar-refractivity contribution < 1.29 is 68.2 Å². The molecule has 0 fully saturated rings. The number of aromatic amines is 1. The minimum Gasteiger partial charge on any atom is -0.493 e. The zero-order valence-corrected chi connectivity index (χ0v) is 82.8. The van der Waals surface area contributed by atoms with Crippen molar-refractivity contribution in [3.05, 3.63) is 142 Å². The van der Waals surface area contributed by atoms with Gasteiger partial charge in [-0.05, 0) is 89.5 Å². The normalized spacial score (nSPS) is 11.5. The Bertz CT molecular complexity index is 4990. The van der Waals surface area contributed by atoms with E-state index in [9.17, 15) is 35.1 Å². The molecule has 10 aromatic heterocycles. The van der Waals surface area contributed by atoms with E-state index < -0.39 is 5.91 Å². The minimum atomic E-state index is -0.605. The number of aryl methyl sites for hydroxylation is 4. The van der Waals surface area contributed by atoms with Crippen LogP contribution in [0.3, 0.4) is 0 Å². The minimum absolute atomic E-state index is 0. The first-order valence-electron chi connectivity index (χ1n) is 42.5. The predicted octanol–water partition coefficient (Wildman–Crippen LogP) is 8.64. The third kappa shape index (κ3) is 41.7. The average molecular weight is 1950 g/mol. The molecule has 133 heavy (non-hydrogen) atoms. The van der Waals surface area contributed by atoms with E-state index in [4.69, 9.17) is 72.3 Å². The molecule has 0 aliphatic rings. The summed E-state index contributed by atoms with van der Waals surface area (Å²) in [5, 5.41) is 71.6. The first-order valence-corrected chi connectivity index (χ1v) is 42.5. The number of nitrogens with two attached hydrogens (primary N) is 6. The van der Waals surface area contributed by atoms with Crippen molar-refractivity contribution in [1.29, 1.82) is 0 Å². The highest BCUT2D eigenvalue weighted by atomic mass is 32.1. The van der Waals surface area contributed by atoms with Gasteiger partial charge >= 0.3 is 0 Å². The maximum absolute atomic E-state index is 11.8. The Morgan fingerprint density at radius 1 is 0.429 bits per heavy atom. The lowest BCUT2D eigenvalue weighted by atomic mass is 10.1. The number of rotatable bonds is 50. The maximum atomic E-state index is 11.8. The maximum Gasteiger partial charge on any atom is 0.267 e. The number of nitrogens with one attached hydrogen (secondary N) is 6. The molecule has 10 rings (SSSR count). The van der Waals surface area contributed by atoms with Gasteiger partial charge in [0.1, 0.15) is 44.4 Å². The van der Waals surface area contributed by atoms with Crippen LogP contribution in [-0.4, -0.2) is 200 Å². The van der Waals surface area contributed by atoms with Gasteiger partial charge in [0.25, 0.3) is 5.91 Å². The molecule has 0 saturated carbocycles. The molecular formula is C85H140N28O15S5. The highest BCUT2D eigenvalue weighted by molar-refractivity contribution is 7.60. The number of nitrogens with zero attached hydrogens (tertiary/aromatic N) is 16. The summed E-state index contributed by atoms with van der Waals surface area (Å²) >= 11 is 0. The van der Waals surface area contributed by atoms with Crippen LogP contribution in [0.1, 0.15) is 188 Å². The topological polar surface area (TPSA) is 632 Å². The Balaban J connectivity index is 0.000000824. The molecule has 23 N–H and O–H groups in total. The summed E-state index contributed by atoms with van der Waals surface area (Å²) < 4.78 is 48.4. The lowest BCUT2D eigenvalue weighted by Gasteiger charge is -2.20. The molecule has 5 atom stereocenters. The first kappa shape index (κ1) is 119. The molecule has 1 amide bonds. The third-order valence-corrected chi connectivity index (χ3v) is 19.1. The summed E-state index contributed by atoms with van der Waals surface area (Å²) in [7, 11) is 8.29. The van der Waals surface area contributed by atoms with Crippen molar-refractivity contribution in [2.75, 3.05) is 110 Å².